The fourth-order valence-corrected chi connectivity index (χ4v) is 5.97. The number of hydrogen-bond donors (Lipinski definition) is 0. The van der Waals surface area contributed by atoms with Crippen molar-refractivity contribution in [1.82, 2.24) is 0 Å². The molecule has 5 heteroatoms. The van der Waals surface area contributed by atoms with Gasteiger partial charge in [0.1, 0.15) is 0 Å². The standard InChI is InChI=1S/4C7H14.2C2H6.9CH4.2B2.B.H2/c4*1-6-3-4-7(2)5-6;2*1-2;;;;;;;;;;2*1-2;;/h4*6-7H,3-5H2,1-2H3;2*1-2H3;9*1H4;;;;1H/i;;;;;;;;;;;;;;;;;;1+2. The van der Waals surface area contributed by atoms with Crippen molar-refractivity contribution in [2.45, 2.75) is 227 Å². The molecule has 46 heavy (non-hydrogen) atoms. The Labute approximate surface area is 314 Å². The first kappa shape index (κ1) is 91.1. The normalized spacial score (nSPS) is 26.0. The summed E-state index contributed by atoms with van der Waals surface area (Å²) in [4.78, 5) is 0. The van der Waals surface area contributed by atoms with Gasteiger partial charge in [-0.2, -0.15) is 0 Å². The van der Waals surface area contributed by atoms with Gasteiger partial charge in [-0.3, -0.25) is 0 Å². The van der Waals surface area contributed by atoms with Crippen LogP contribution < -0.4 is 0 Å². The van der Waals surface area contributed by atoms with Crippen molar-refractivity contribution in [3.8, 4) is 0 Å². The van der Waals surface area contributed by atoms with Gasteiger partial charge in [-0.05, 0) is 73.0 Å². The molecule has 0 aromatic carbocycles. The highest BCUT2D eigenvalue weighted by molar-refractivity contribution is 6.76. The third-order valence-electron chi connectivity index (χ3n) is 7.83. The first-order valence-corrected chi connectivity index (χ1v) is 15.8. The highest BCUT2D eigenvalue weighted by Crippen LogP contribution is 2.31. The number of rotatable bonds is 0. The maximum absolute atomic E-state index is 4.00. The SMILES string of the molecule is C.C.C.C.C.C.C.C.C.CC.CC.CC1CCC(C)C1.CC1CCC(C)C1.CC1CCC(C)C1.CC1CCC(C)C1.[3HH].[B].[B][B].[B][B]. The van der Waals surface area contributed by atoms with Crippen LogP contribution in [0.25, 0.3) is 0 Å². The second-order valence-electron chi connectivity index (χ2n) is 12.1. The van der Waals surface area contributed by atoms with Crippen molar-refractivity contribution in [2.24, 2.45) is 47.3 Å². The van der Waals surface area contributed by atoms with Gasteiger partial charge in [-0.1, -0.05) is 201 Å². The van der Waals surface area contributed by atoms with Gasteiger partial charge in [0.2, 0.25) is 0 Å². The van der Waals surface area contributed by atoms with E-state index in [9.17, 15) is 0 Å². The van der Waals surface area contributed by atoms with E-state index in [1.165, 1.54) is 77.0 Å². The molecule has 0 aromatic rings. The lowest BCUT2D eigenvalue weighted by Gasteiger charge is -1.96. The predicted octanol–water partition coefficient (Wildman–Crippen LogP) is 15.9. The minimum absolute atomic E-state index is 0. The summed E-state index contributed by atoms with van der Waals surface area (Å²) in [7, 11) is 16.0. The van der Waals surface area contributed by atoms with Crippen molar-refractivity contribution >= 4 is 39.4 Å². The Morgan fingerprint density at radius 1 is 0.283 bits per heavy atom. The molecule has 0 saturated heterocycles. The van der Waals surface area contributed by atoms with E-state index in [2.05, 4.69) is 86.3 Å². The lowest BCUT2D eigenvalue weighted by molar-refractivity contribution is 0.555. The third kappa shape index (κ3) is 63.1. The van der Waals surface area contributed by atoms with Crippen LogP contribution in [0.2, 0.25) is 0 Å². The summed E-state index contributed by atoms with van der Waals surface area (Å²) < 4.78 is 0. The van der Waals surface area contributed by atoms with Gasteiger partial charge in [-0.15, -0.1) is 0 Å². The first-order valence-electron chi connectivity index (χ1n) is 15.8. The molecule has 0 spiro atoms. The van der Waals surface area contributed by atoms with Crippen LogP contribution in [0.5, 0.6) is 0 Å². The Morgan fingerprint density at radius 3 is 0.370 bits per heavy atom. The molecule has 0 amide bonds. The van der Waals surface area contributed by atoms with Crippen molar-refractivity contribution in [3.63, 3.8) is 0 Å². The van der Waals surface area contributed by atoms with Gasteiger partial charge >= 0.3 is 0 Å². The zero-order valence-corrected chi connectivity index (χ0v) is 28.0. The Kier molecular flexibility index (Phi) is 134. The Bertz CT molecular complexity index is 298. The van der Waals surface area contributed by atoms with E-state index >= 15 is 0 Å². The highest BCUT2D eigenvalue weighted by atomic mass is 14.2. The maximum atomic E-state index is 4.00. The van der Waals surface area contributed by atoms with E-state index in [-0.39, 0.29) is 76.7 Å². The van der Waals surface area contributed by atoms with Gasteiger partial charge in [0.15, 0.2) is 0 Å². The monoisotopic (exact) mass is 656 g/mol. The summed E-state index contributed by atoms with van der Waals surface area (Å²) >= 11 is 0. The molecule has 8 unspecified atom stereocenters. The van der Waals surface area contributed by atoms with E-state index in [4.69, 9.17) is 0 Å². The van der Waals surface area contributed by atoms with E-state index < -0.39 is 0 Å². The van der Waals surface area contributed by atoms with E-state index in [0.29, 0.717) is 0 Å². The van der Waals surface area contributed by atoms with Gasteiger partial charge in [0.05, 0.1) is 0 Å². The van der Waals surface area contributed by atoms with Crippen LogP contribution in [0.15, 0.2) is 0 Å². The zero-order chi connectivity index (χ0) is 29.1. The Hall–Kier alpha value is 0.325. The molecule has 0 aromatic heterocycles. The van der Waals surface area contributed by atoms with Crippen LogP contribution >= 0.6 is 0 Å². The van der Waals surface area contributed by atoms with Crippen LogP contribution in [0.4, 0.5) is 0 Å². The number of hydrogen-bond acceptors (Lipinski definition) is 0. The molecule has 4 fully saturated rings. The second-order valence-corrected chi connectivity index (χ2v) is 12.1. The summed E-state index contributed by atoms with van der Waals surface area (Å²) in [5, 5.41) is 0. The van der Waals surface area contributed by atoms with Gasteiger partial charge in [0.25, 0.3) is 0 Å². The van der Waals surface area contributed by atoms with Crippen molar-refractivity contribution in [3.05, 3.63) is 0 Å². The van der Waals surface area contributed by atoms with Crippen LogP contribution in [-0.4, -0.2) is 39.4 Å². The zero-order valence-electron chi connectivity index (χ0n) is 28.0. The van der Waals surface area contributed by atoms with E-state index in [1.807, 2.05) is 27.7 Å². The summed E-state index contributed by atoms with van der Waals surface area (Å²) in [6.07, 6.45) is 17.7. The summed E-state index contributed by atoms with van der Waals surface area (Å²) in [6.45, 7) is 26.8. The molecule has 0 N–H and O–H groups in total. The minimum atomic E-state index is 0. The molecule has 4 rings (SSSR count). The molecule has 4 saturated carbocycles. The van der Waals surface area contributed by atoms with Crippen molar-refractivity contribution in [2.75, 3.05) is 0 Å². The average molecular weight is 655 g/mol. The average Bonchev–Trinajstić information content (AvgIpc) is 3.66. The minimum Gasteiger partial charge on any atom is -0.0776 e. The molecule has 11 radical (unpaired) electrons. The van der Waals surface area contributed by atoms with Crippen LogP contribution in [0.1, 0.15) is 228 Å². The molecule has 0 aliphatic heterocycles. The van der Waals surface area contributed by atoms with Crippen LogP contribution in [0.3, 0.4) is 0 Å². The lowest BCUT2D eigenvalue weighted by Crippen LogP contribution is -1.84. The second kappa shape index (κ2) is 67.5. The van der Waals surface area contributed by atoms with Crippen LogP contribution in [-0.2, 0) is 0 Å². The fourth-order valence-electron chi connectivity index (χ4n) is 5.97. The van der Waals surface area contributed by atoms with Gasteiger partial charge in [-0.25, -0.2) is 0 Å². The van der Waals surface area contributed by atoms with Crippen LogP contribution in [0, 0.1) is 47.3 Å². The molecule has 4 aliphatic carbocycles. The molecule has 0 heterocycles. The molecule has 4 aliphatic rings. The quantitative estimate of drug-likeness (QED) is 0.228. The van der Waals surface area contributed by atoms with Crippen molar-refractivity contribution < 1.29 is 1.43 Å². The summed E-state index contributed by atoms with van der Waals surface area (Å²) in [5.74, 6) is 8.19. The molecule has 0 nitrogen and oxygen atoms in total. The Balaban J connectivity index is -0.0000000194. The molecular weight excluding hydrogens is 547 g/mol. The summed E-state index contributed by atoms with van der Waals surface area (Å²) in [5.41, 5.74) is 0. The largest absolute Gasteiger partial charge is 0.0776 e. The first-order chi connectivity index (χ1) is 17.2. The Morgan fingerprint density at radius 2 is 0.348 bits per heavy atom. The molecule has 8 atom stereocenters. The predicted molar refractivity (Wildman–Crippen MR) is 243 cm³/mol. The van der Waals surface area contributed by atoms with Gasteiger partial charge in [0, 0.05) is 40.8 Å². The van der Waals surface area contributed by atoms with Crippen molar-refractivity contribution in [1.29, 1.82) is 0 Å². The maximum Gasteiger partial charge on any atom is 0 e. The molecule has 285 valence electrons. The van der Waals surface area contributed by atoms with E-state index in [0.717, 1.165) is 47.3 Å². The van der Waals surface area contributed by atoms with Gasteiger partial charge < -0.3 is 0 Å². The smallest absolute Gasteiger partial charge is 0 e. The third-order valence-corrected chi connectivity index (χ3v) is 7.83. The summed E-state index contributed by atoms with van der Waals surface area (Å²) in [6, 6.07) is 0. The lowest BCUT2D eigenvalue weighted by atomic mass is 9.81. The topological polar surface area (TPSA) is 0 Å². The molecular formula is C41H106B5. The highest BCUT2D eigenvalue weighted by Gasteiger charge is 2.17. The van der Waals surface area contributed by atoms with E-state index in [1.54, 1.807) is 0 Å². The molecule has 0 bridgehead atoms. The fraction of sp³-hybridized carbons (Fsp3) is 1.00.